The molecule has 1 aromatic carbocycles. The van der Waals surface area contributed by atoms with Gasteiger partial charge in [0.2, 0.25) is 0 Å². The molecule has 1 aliphatic heterocycles. The van der Waals surface area contributed by atoms with Crippen molar-refractivity contribution in [1.82, 2.24) is 10.3 Å². The van der Waals surface area contributed by atoms with Crippen molar-refractivity contribution in [2.75, 3.05) is 19.7 Å². The van der Waals surface area contributed by atoms with E-state index in [-0.39, 0.29) is 0 Å². The maximum Gasteiger partial charge on any atom is 0.197 e. The number of oxazole rings is 1. The molecule has 0 radical (unpaired) electrons. The molecule has 5 heteroatoms. The van der Waals surface area contributed by atoms with Crippen molar-refractivity contribution in [2.45, 2.75) is 25.4 Å². The number of ether oxygens (including phenoxy) is 1. The molecule has 2 heterocycles. The molecule has 3 rings (SSSR count). The predicted octanol–water partition coefficient (Wildman–Crippen LogP) is 2.79. The number of hydrogen-bond acceptors (Lipinski definition) is 4. The van der Waals surface area contributed by atoms with Crippen LogP contribution in [0.5, 0.6) is 0 Å². The number of hydrogen-bond donors (Lipinski definition) is 1. The van der Waals surface area contributed by atoms with E-state index in [0.717, 1.165) is 31.4 Å². The van der Waals surface area contributed by atoms with Crippen LogP contribution >= 0.6 is 11.6 Å². The Morgan fingerprint density at radius 2 is 2.21 bits per heavy atom. The summed E-state index contributed by atoms with van der Waals surface area (Å²) in [5.41, 5.74) is 1.48. The highest BCUT2D eigenvalue weighted by molar-refractivity contribution is 6.34. The van der Waals surface area contributed by atoms with Gasteiger partial charge in [0.05, 0.1) is 17.7 Å². The topological polar surface area (TPSA) is 47.3 Å². The van der Waals surface area contributed by atoms with Crippen LogP contribution in [0.15, 0.2) is 22.6 Å². The Morgan fingerprint density at radius 3 is 3.00 bits per heavy atom. The standard InChI is InChI=1S/C14H17ClN2O2/c15-11-2-1-3-12-14(11)19-13(17-12)6-9-18-10-4-7-16-8-5-10/h1-3,10,16H,4-9H2. The van der Waals surface area contributed by atoms with Gasteiger partial charge in [-0.2, -0.15) is 0 Å². The summed E-state index contributed by atoms with van der Waals surface area (Å²) < 4.78 is 11.5. The predicted molar refractivity (Wildman–Crippen MR) is 74.6 cm³/mol. The Balaban J connectivity index is 1.57. The van der Waals surface area contributed by atoms with Crippen LogP contribution in [0.1, 0.15) is 18.7 Å². The number of fused-ring (bicyclic) bond motifs is 1. The van der Waals surface area contributed by atoms with Gasteiger partial charge in [0.25, 0.3) is 0 Å². The van der Waals surface area contributed by atoms with Crippen LogP contribution in [0, 0.1) is 0 Å². The zero-order chi connectivity index (χ0) is 13.1. The zero-order valence-corrected chi connectivity index (χ0v) is 11.4. The quantitative estimate of drug-likeness (QED) is 0.935. The minimum Gasteiger partial charge on any atom is -0.439 e. The lowest BCUT2D eigenvalue weighted by Gasteiger charge is -2.22. The molecule has 1 aromatic heterocycles. The zero-order valence-electron chi connectivity index (χ0n) is 10.7. The molecule has 0 unspecified atom stereocenters. The Morgan fingerprint density at radius 1 is 1.37 bits per heavy atom. The number of halogens is 1. The first-order chi connectivity index (χ1) is 9.33. The van der Waals surface area contributed by atoms with Crippen molar-refractivity contribution >= 4 is 22.7 Å². The summed E-state index contributed by atoms with van der Waals surface area (Å²) in [7, 11) is 0. The van der Waals surface area contributed by atoms with E-state index in [1.807, 2.05) is 18.2 Å². The summed E-state index contributed by atoms with van der Waals surface area (Å²) in [4.78, 5) is 4.41. The third-order valence-electron chi connectivity index (χ3n) is 3.37. The molecular weight excluding hydrogens is 264 g/mol. The summed E-state index contributed by atoms with van der Waals surface area (Å²) in [5.74, 6) is 0.692. The fraction of sp³-hybridized carbons (Fsp3) is 0.500. The molecule has 1 saturated heterocycles. The van der Waals surface area contributed by atoms with Gasteiger partial charge >= 0.3 is 0 Å². The molecule has 0 aliphatic carbocycles. The van der Waals surface area contributed by atoms with E-state index in [1.54, 1.807) is 0 Å². The second-order valence-electron chi connectivity index (χ2n) is 4.77. The van der Waals surface area contributed by atoms with Gasteiger partial charge in [-0.15, -0.1) is 0 Å². The fourth-order valence-corrected chi connectivity index (χ4v) is 2.55. The average molecular weight is 281 g/mol. The number of benzene rings is 1. The van der Waals surface area contributed by atoms with Crippen LogP contribution in [0.3, 0.4) is 0 Å². The van der Waals surface area contributed by atoms with Gasteiger partial charge in [0.15, 0.2) is 11.5 Å². The smallest absolute Gasteiger partial charge is 0.197 e. The van der Waals surface area contributed by atoms with Gasteiger partial charge < -0.3 is 14.5 Å². The van der Waals surface area contributed by atoms with Crippen LogP contribution in [0.2, 0.25) is 5.02 Å². The molecule has 2 aromatic rings. The van der Waals surface area contributed by atoms with Crippen molar-refractivity contribution in [1.29, 1.82) is 0 Å². The molecule has 0 bridgehead atoms. The monoisotopic (exact) mass is 280 g/mol. The third-order valence-corrected chi connectivity index (χ3v) is 3.66. The van der Waals surface area contributed by atoms with Crippen molar-refractivity contribution < 1.29 is 9.15 Å². The molecule has 0 saturated carbocycles. The van der Waals surface area contributed by atoms with E-state index in [4.69, 9.17) is 20.8 Å². The molecule has 0 amide bonds. The first-order valence-electron chi connectivity index (χ1n) is 6.69. The second-order valence-corrected chi connectivity index (χ2v) is 5.17. The SMILES string of the molecule is Clc1cccc2nc(CCOC3CCNCC3)oc12. The van der Waals surface area contributed by atoms with Crippen LogP contribution in [0.4, 0.5) is 0 Å². The molecule has 1 N–H and O–H groups in total. The number of para-hydroxylation sites is 1. The van der Waals surface area contributed by atoms with Gasteiger partial charge in [-0.3, -0.25) is 0 Å². The Hall–Kier alpha value is -1.10. The van der Waals surface area contributed by atoms with Crippen molar-refractivity contribution in [3.05, 3.63) is 29.1 Å². The van der Waals surface area contributed by atoms with Gasteiger partial charge in [-0.1, -0.05) is 17.7 Å². The number of aromatic nitrogens is 1. The van der Waals surface area contributed by atoms with E-state index in [2.05, 4.69) is 10.3 Å². The Bertz CT molecular complexity index is 549. The normalized spacial score (nSPS) is 17.1. The molecule has 19 heavy (non-hydrogen) atoms. The van der Waals surface area contributed by atoms with Crippen LogP contribution < -0.4 is 5.32 Å². The lowest BCUT2D eigenvalue weighted by Crippen LogP contribution is -2.32. The summed E-state index contributed by atoms with van der Waals surface area (Å²) >= 11 is 6.05. The van der Waals surface area contributed by atoms with Crippen molar-refractivity contribution in [3.8, 4) is 0 Å². The molecular formula is C14H17ClN2O2. The fourth-order valence-electron chi connectivity index (χ4n) is 2.34. The van der Waals surface area contributed by atoms with Gasteiger partial charge in [-0.05, 0) is 38.1 Å². The van der Waals surface area contributed by atoms with Crippen molar-refractivity contribution in [3.63, 3.8) is 0 Å². The van der Waals surface area contributed by atoms with Crippen LogP contribution in [0.25, 0.3) is 11.1 Å². The largest absolute Gasteiger partial charge is 0.439 e. The highest BCUT2D eigenvalue weighted by Gasteiger charge is 2.14. The molecule has 1 fully saturated rings. The molecule has 1 aliphatic rings. The summed E-state index contributed by atoms with van der Waals surface area (Å²) in [6, 6.07) is 5.59. The number of nitrogens with zero attached hydrogens (tertiary/aromatic N) is 1. The van der Waals surface area contributed by atoms with Gasteiger partial charge in [0.1, 0.15) is 5.52 Å². The minimum atomic E-state index is 0.370. The molecule has 4 nitrogen and oxygen atoms in total. The van der Waals surface area contributed by atoms with Crippen LogP contribution in [-0.4, -0.2) is 30.8 Å². The molecule has 0 spiro atoms. The first-order valence-corrected chi connectivity index (χ1v) is 7.07. The van der Waals surface area contributed by atoms with E-state index in [9.17, 15) is 0 Å². The minimum absolute atomic E-state index is 0.370. The summed E-state index contributed by atoms with van der Waals surface area (Å²) in [6.07, 6.45) is 3.22. The molecule has 102 valence electrons. The highest BCUT2D eigenvalue weighted by Crippen LogP contribution is 2.24. The molecule has 0 atom stereocenters. The Labute approximate surface area is 117 Å². The maximum atomic E-state index is 6.05. The maximum absolute atomic E-state index is 6.05. The number of rotatable bonds is 4. The average Bonchev–Trinajstić information content (AvgIpc) is 2.84. The van der Waals surface area contributed by atoms with E-state index < -0.39 is 0 Å². The summed E-state index contributed by atoms with van der Waals surface area (Å²) in [5, 5.41) is 3.93. The second kappa shape index (κ2) is 5.90. The van der Waals surface area contributed by atoms with E-state index >= 15 is 0 Å². The van der Waals surface area contributed by atoms with Gasteiger partial charge in [-0.25, -0.2) is 4.98 Å². The first kappa shape index (κ1) is 12.9. The van der Waals surface area contributed by atoms with Crippen LogP contribution in [-0.2, 0) is 11.2 Å². The third kappa shape index (κ3) is 3.08. The van der Waals surface area contributed by atoms with E-state index in [1.165, 1.54) is 0 Å². The number of piperidine rings is 1. The lowest BCUT2D eigenvalue weighted by atomic mass is 10.1. The highest BCUT2D eigenvalue weighted by atomic mass is 35.5. The Kier molecular flexibility index (Phi) is 4.01. The lowest BCUT2D eigenvalue weighted by molar-refractivity contribution is 0.0328. The van der Waals surface area contributed by atoms with Crippen molar-refractivity contribution in [2.24, 2.45) is 0 Å². The van der Waals surface area contributed by atoms with E-state index in [0.29, 0.717) is 35.6 Å². The number of nitrogens with one attached hydrogen (secondary N) is 1. The summed E-state index contributed by atoms with van der Waals surface area (Å²) in [6.45, 7) is 2.74. The van der Waals surface area contributed by atoms with Gasteiger partial charge in [0, 0.05) is 6.42 Å².